The summed E-state index contributed by atoms with van der Waals surface area (Å²) in [7, 11) is -5.13. The van der Waals surface area contributed by atoms with Gasteiger partial charge in [-0.15, -0.1) is 0 Å². The summed E-state index contributed by atoms with van der Waals surface area (Å²) < 4.78 is 33.3. The lowest BCUT2D eigenvalue weighted by atomic mass is 9.85. The summed E-state index contributed by atoms with van der Waals surface area (Å²) in [6, 6.07) is 0. The Morgan fingerprint density at radius 1 is 0.544 bits per heavy atom. The Balaban J connectivity index is 2.55. The monoisotopic (exact) mass is 830 g/mol. The molecule has 14 heteroatoms. The normalized spacial score (nSPS) is 23.2. The summed E-state index contributed by atoms with van der Waals surface area (Å²) in [5, 5.41) is 50.0. The van der Waals surface area contributed by atoms with Crippen molar-refractivity contribution in [3.05, 3.63) is 48.6 Å². The van der Waals surface area contributed by atoms with E-state index in [0.29, 0.717) is 19.3 Å². The predicted octanol–water partition coefficient (Wildman–Crippen LogP) is 7.61. The van der Waals surface area contributed by atoms with Crippen LogP contribution in [0.2, 0.25) is 0 Å². The minimum absolute atomic E-state index is 0.0209. The molecule has 8 atom stereocenters. The number of phosphoric ester groups is 1. The van der Waals surface area contributed by atoms with Crippen molar-refractivity contribution in [3.63, 3.8) is 0 Å². The van der Waals surface area contributed by atoms with Gasteiger partial charge in [0.05, 0.1) is 6.61 Å². The average Bonchev–Trinajstić information content (AvgIpc) is 3.19. The molecule has 0 aliphatic heterocycles. The molecule has 0 amide bonds. The Labute approximate surface area is 341 Å². The third-order valence-corrected chi connectivity index (χ3v) is 10.7. The van der Waals surface area contributed by atoms with Crippen LogP contribution in [0.1, 0.15) is 155 Å². The Hall–Kier alpha value is -2.19. The van der Waals surface area contributed by atoms with E-state index in [4.69, 9.17) is 18.5 Å². The zero-order valence-corrected chi connectivity index (χ0v) is 35.5. The Morgan fingerprint density at radius 2 is 0.965 bits per heavy atom. The number of aliphatic hydroxyl groups excluding tert-OH is 5. The minimum Gasteiger partial charge on any atom is -0.462 e. The molecule has 0 spiro atoms. The molecule has 0 saturated heterocycles. The Morgan fingerprint density at radius 3 is 1.49 bits per heavy atom. The number of carbonyl (C=O) groups excluding carboxylic acids is 2. The molecule has 57 heavy (non-hydrogen) atoms. The van der Waals surface area contributed by atoms with Crippen molar-refractivity contribution in [2.45, 2.75) is 198 Å². The van der Waals surface area contributed by atoms with Crippen LogP contribution in [0.25, 0.3) is 0 Å². The van der Waals surface area contributed by atoms with Gasteiger partial charge < -0.3 is 39.9 Å². The van der Waals surface area contributed by atoms with E-state index in [-0.39, 0.29) is 12.8 Å². The summed E-state index contributed by atoms with van der Waals surface area (Å²) in [4.78, 5) is 35.5. The lowest BCUT2D eigenvalue weighted by Gasteiger charge is -2.41. The fraction of sp³-hybridized carbons (Fsp3) is 0.767. The molecule has 0 heterocycles. The van der Waals surface area contributed by atoms with Gasteiger partial charge in [0.25, 0.3) is 0 Å². The van der Waals surface area contributed by atoms with Gasteiger partial charge in [0, 0.05) is 12.8 Å². The molecule has 1 aliphatic carbocycles. The topological polar surface area (TPSA) is 210 Å². The zero-order valence-electron chi connectivity index (χ0n) is 34.6. The maximum absolute atomic E-state index is 12.8. The van der Waals surface area contributed by atoms with Gasteiger partial charge in [-0.3, -0.25) is 18.6 Å². The van der Waals surface area contributed by atoms with Crippen molar-refractivity contribution in [2.75, 3.05) is 13.2 Å². The number of allylic oxidation sites excluding steroid dienone is 8. The number of esters is 2. The van der Waals surface area contributed by atoms with Crippen molar-refractivity contribution in [1.29, 1.82) is 0 Å². The summed E-state index contributed by atoms with van der Waals surface area (Å²) in [6.45, 7) is 3.19. The number of phosphoric acid groups is 1. The molecule has 0 aromatic carbocycles. The summed E-state index contributed by atoms with van der Waals surface area (Å²) in [5.74, 6) is -1.17. The van der Waals surface area contributed by atoms with Crippen LogP contribution < -0.4 is 0 Å². The molecule has 1 fully saturated rings. The van der Waals surface area contributed by atoms with E-state index in [2.05, 4.69) is 50.3 Å². The first-order valence-corrected chi connectivity index (χ1v) is 22.9. The first-order valence-electron chi connectivity index (χ1n) is 21.4. The molecular formula is C43H75O13P. The van der Waals surface area contributed by atoms with E-state index in [1.807, 2.05) is 12.2 Å². The zero-order chi connectivity index (χ0) is 42.2. The van der Waals surface area contributed by atoms with Crippen molar-refractivity contribution in [3.8, 4) is 0 Å². The third kappa shape index (κ3) is 26.5. The smallest absolute Gasteiger partial charge is 0.462 e. The van der Waals surface area contributed by atoms with Crippen molar-refractivity contribution in [1.82, 2.24) is 0 Å². The van der Waals surface area contributed by atoms with Gasteiger partial charge >= 0.3 is 19.8 Å². The van der Waals surface area contributed by atoms with Crippen LogP contribution in [0.5, 0.6) is 0 Å². The van der Waals surface area contributed by atoms with Crippen LogP contribution in [0.15, 0.2) is 48.6 Å². The highest BCUT2D eigenvalue weighted by atomic mass is 31.2. The fourth-order valence-electron chi connectivity index (χ4n) is 6.16. The number of unbranched alkanes of at least 4 members (excludes halogenated alkanes) is 14. The van der Waals surface area contributed by atoms with Crippen LogP contribution in [0.4, 0.5) is 0 Å². The van der Waals surface area contributed by atoms with E-state index in [0.717, 1.165) is 44.9 Å². The lowest BCUT2D eigenvalue weighted by Crippen LogP contribution is -2.64. The van der Waals surface area contributed by atoms with Crippen LogP contribution in [0, 0.1) is 0 Å². The van der Waals surface area contributed by atoms with E-state index >= 15 is 0 Å². The molecule has 13 nitrogen and oxygen atoms in total. The van der Waals surface area contributed by atoms with Crippen LogP contribution in [0.3, 0.4) is 0 Å². The second-order valence-electron chi connectivity index (χ2n) is 14.8. The SMILES string of the molecule is CCCCC/C=C\C/C=C\C/C=C\C/C=C\CCCC(=O)O[C@H](COC(=O)CCCCCCCCCCCCC)COP(=O)(O)OC1C(O)C(O)C(O)[C@@H](O)C1O. The van der Waals surface area contributed by atoms with Crippen LogP contribution >= 0.6 is 7.82 Å². The quantitative estimate of drug-likeness (QED) is 0.0160. The van der Waals surface area contributed by atoms with Crippen LogP contribution in [-0.2, 0) is 32.7 Å². The molecule has 0 aromatic heterocycles. The molecule has 0 bridgehead atoms. The Kier molecular flexibility index (Phi) is 31.2. The van der Waals surface area contributed by atoms with Crippen molar-refractivity contribution in [2.24, 2.45) is 0 Å². The minimum atomic E-state index is -5.13. The largest absolute Gasteiger partial charge is 0.472 e. The van der Waals surface area contributed by atoms with Gasteiger partial charge in [-0.05, 0) is 51.4 Å². The van der Waals surface area contributed by atoms with Crippen LogP contribution in [-0.4, -0.2) is 98.3 Å². The van der Waals surface area contributed by atoms with Gasteiger partial charge in [-0.1, -0.05) is 140 Å². The molecule has 1 rings (SSSR count). The molecule has 6 N–H and O–H groups in total. The predicted molar refractivity (Wildman–Crippen MR) is 221 cm³/mol. The molecule has 330 valence electrons. The van der Waals surface area contributed by atoms with E-state index in [1.165, 1.54) is 64.2 Å². The Bertz CT molecular complexity index is 1190. The number of carbonyl (C=O) groups is 2. The fourth-order valence-corrected chi connectivity index (χ4v) is 7.13. The first kappa shape index (κ1) is 52.8. The highest BCUT2D eigenvalue weighted by Gasteiger charge is 2.51. The molecule has 1 aliphatic rings. The van der Waals surface area contributed by atoms with E-state index < -0.39 is 75.7 Å². The first-order chi connectivity index (χ1) is 27.4. The van der Waals surface area contributed by atoms with Gasteiger partial charge in [0.15, 0.2) is 6.10 Å². The second-order valence-corrected chi connectivity index (χ2v) is 16.3. The van der Waals surface area contributed by atoms with Gasteiger partial charge in [-0.25, -0.2) is 4.57 Å². The number of aliphatic hydroxyl groups is 5. The number of ether oxygens (including phenoxy) is 2. The highest BCUT2D eigenvalue weighted by Crippen LogP contribution is 2.47. The maximum Gasteiger partial charge on any atom is 0.472 e. The summed E-state index contributed by atoms with van der Waals surface area (Å²) in [6.07, 6.45) is 24.7. The van der Waals surface area contributed by atoms with E-state index in [9.17, 15) is 44.6 Å². The molecule has 0 radical (unpaired) electrons. The number of hydrogen-bond donors (Lipinski definition) is 6. The lowest BCUT2D eigenvalue weighted by molar-refractivity contribution is -0.220. The molecular weight excluding hydrogens is 755 g/mol. The van der Waals surface area contributed by atoms with Gasteiger partial charge in [0.1, 0.15) is 43.2 Å². The standard InChI is InChI=1S/C43H75O13P/c1-3-5-7-9-11-13-15-16-17-18-19-20-22-24-26-28-30-32-37(45)55-35(33-53-36(44)31-29-27-25-23-21-14-12-10-8-6-4-2)34-54-57(51,52)56-43-41(49)39(47)38(46)40(48)42(43)50/h11,13,16-17,19-20,24,26,35,38-43,46-50H,3-10,12,14-15,18,21-23,25,27-34H2,1-2H3,(H,51,52)/b13-11-,17-16-,20-19-,26-24-/t35-,38?,39-,40?,41?,42?,43?/m1/s1. The molecule has 6 unspecified atom stereocenters. The van der Waals surface area contributed by atoms with Gasteiger partial charge in [-0.2, -0.15) is 0 Å². The third-order valence-electron chi connectivity index (χ3n) is 9.67. The van der Waals surface area contributed by atoms with E-state index in [1.54, 1.807) is 0 Å². The average molecular weight is 831 g/mol. The maximum atomic E-state index is 12.8. The van der Waals surface area contributed by atoms with Gasteiger partial charge in [0.2, 0.25) is 0 Å². The summed E-state index contributed by atoms with van der Waals surface area (Å²) in [5.41, 5.74) is 0. The number of hydrogen-bond acceptors (Lipinski definition) is 12. The highest BCUT2D eigenvalue weighted by molar-refractivity contribution is 7.47. The molecule has 0 aromatic rings. The molecule has 1 saturated carbocycles. The summed E-state index contributed by atoms with van der Waals surface area (Å²) >= 11 is 0. The van der Waals surface area contributed by atoms with Crippen molar-refractivity contribution >= 4 is 19.8 Å². The number of rotatable bonds is 34. The van der Waals surface area contributed by atoms with Crippen molar-refractivity contribution < 1.29 is 63.1 Å². The second kappa shape index (κ2) is 33.6.